The zero-order valence-electron chi connectivity index (χ0n) is 44.3. The Hall–Kier alpha value is -9.10. The van der Waals surface area contributed by atoms with Gasteiger partial charge in [-0.3, -0.25) is 36.5 Å². The molecule has 12 aromatic rings. The number of nitrogens with zero attached hydrogens (tertiary/aromatic N) is 2. The highest BCUT2D eigenvalue weighted by Gasteiger charge is 2.42. The summed E-state index contributed by atoms with van der Waals surface area (Å²) in [6.45, 7) is 0. The molecule has 1 aromatic heterocycles. The first-order valence-electron chi connectivity index (χ1n) is 28.0. The van der Waals surface area contributed by atoms with Crippen LogP contribution in [0.1, 0.15) is 70.4 Å². The van der Waals surface area contributed by atoms with E-state index in [0.717, 1.165) is 72.0 Å². The van der Waals surface area contributed by atoms with Crippen molar-refractivity contribution in [2.24, 2.45) is 0 Å². The number of nitrogens with one attached hydrogen (secondary N) is 6. The van der Waals surface area contributed by atoms with E-state index in [1.165, 1.54) is 22.3 Å². The molecular weight excluding hydrogens is 993 g/mol. The number of benzene rings is 11. The summed E-state index contributed by atoms with van der Waals surface area (Å²) < 4.78 is 1.66. The summed E-state index contributed by atoms with van der Waals surface area (Å²) in [6.07, 6.45) is -0.467. The van der Waals surface area contributed by atoms with E-state index in [4.69, 9.17) is 0 Å². The fraction of sp³-hybridized carbons (Fsp3) is 0.0833. The molecule has 0 bridgehead atoms. The Morgan fingerprint density at radius 3 is 1.23 bits per heavy atom. The van der Waals surface area contributed by atoms with Gasteiger partial charge in [0.25, 0.3) is 0 Å². The fourth-order valence-corrected chi connectivity index (χ4v) is 12.7. The number of hydrogen-bond acceptors (Lipinski definition) is 7. The summed E-state index contributed by atoms with van der Waals surface area (Å²) in [5.41, 5.74) is 18.3. The van der Waals surface area contributed by atoms with Crippen molar-refractivity contribution < 1.29 is 0 Å². The molecular formula is C72H58N8O. The minimum atomic E-state index is -0.717. The molecule has 2 fully saturated rings. The summed E-state index contributed by atoms with van der Waals surface area (Å²) in [7, 11) is 0. The van der Waals surface area contributed by atoms with Crippen LogP contribution in [0, 0.1) is 5.21 Å². The van der Waals surface area contributed by atoms with Gasteiger partial charge in [0.2, 0.25) is 0 Å². The molecule has 392 valence electrons. The van der Waals surface area contributed by atoms with Crippen molar-refractivity contribution >= 4 is 38.9 Å². The molecule has 0 saturated carbocycles. The molecule has 5 atom stereocenters. The van der Waals surface area contributed by atoms with Crippen LogP contribution in [-0.4, -0.2) is 4.57 Å². The lowest BCUT2D eigenvalue weighted by Gasteiger charge is -2.39. The number of hydrogen-bond donors (Lipinski definition) is 6. The van der Waals surface area contributed by atoms with E-state index < -0.39 is 4.65 Å². The maximum atomic E-state index is 16.4. The van der Waals surface area contributed by atoms with Gasteiger partial charge >= 0.3 is 0 Å². The standard InChI is InChI=1S/C72H58N8O/c81-80(58-30-18-28-56(46-58)48-37-41-54(42-38-48)72-77-69(51-23-9-3-10-24-51)74-70(78-72)52-25-11-4-12-26-52)63-34-16-14-32-61(63)65-64(80)44-43-60-59-31-13-15-33-62(59)79(66(60)65)57-29-17-27-55(45-57)47-35-39-53(40-36-47)71-75-67(49-19-5-1-6-20-49)73-68(76-71)50-21-7-2-8-22-50/h1-46,67-78H. The highest BCUT2D eigenvalue weighted by Crippen LogP contribution is 2.60. The molecule has 0 aliphatic carbocycles. The average Bonchev–Trinajstić information content (AvgIpc) is 4.27. The number of rotatable bonds is 10. The Kier molecular flexibility index (Phi) is 12.4. The largest absolute Gasteiger partial charge is 0.616 e. The quantitative estimate of drug-likeness (QED) is 0.0599. The van der Waals surface area contributed by atoms with E-state index in [-0.39, 0.29) is 37.0 Å². The topological polar surface area (TPSA) is 100 Å². The number of fused-ring (bicyclic) bond motifs is 7. The van der Waals surface area contributed by atoms with Crippen LogP contribution in [0.4, 0.5) is 17.1 Å². The molecule has 3 aliphatic rings. The molecule has 81 heavy (non-hydrogen) atoms. The molecule has 11 aromatic carbocycles. The van der Waals surface area contributed by atoms with Crippen molar-refractivity contribution in [3.05, 3.63) is 318 Å². The Labute approximate surface area is 471 Å². The molecule has 15 rings (SSSR count). The predicted molar refractivity (Wildman–Crippen MR) is 329 cm³/mol. The van der Waals surface area contributed by atoms with Crippen molar-refractivity contribution in [1.29, 1.82) is 0 Å². The van der Waals surface area contributed by atoms with Gasteiger partial charge in [-0.25, -0.2) is 0 Å². The summed E-state index contributed by atoms with van der Waals surface area (Å²) in [5.74, 6) is 0. The number of aromatic nitrogens is 1. The van der Waals surface area contributed by atoms with Crippen LogP contribution in [0.2, 0.25) is 0 Å². The molecule has 0 radical (unpaired) electrons. The van der Waals surface area contributed by atoms with Gasteiger partial charge in [0.1, 0.15) is 5.69 Å². The van der Waals surface area contributed by atoms with Gasteiger partial charge < -0.3 is 9.77 Å². The van der Waals surface area contributed by atoms with Crippen LogP contribution >= 0.6 is 0 Å². The first kappa shape index (κ1) is 49.0. The van der Waals surface area contributed by atoms with Crippen LogP contribution in [0.5, 0.6) is 0 Å². The first-order chi connectivity index (χ1) is 40.0. The molecule has 3 aliphatic heterocycles. The van der Waals surface area contributed by atoms with Crippen LogP contribution in [0.15, 0.2) is 279 Å². The van der Waals surface area contributed by atoms with Gasteiger partial charge in [-0.05, 0) is 86.0 Å². The summed E-state index contributed by atoms with van der Waals surface area (Å²) >= 11 is 0. The summed E-state index contributed by atoms with van der Waals surface area (Å²) in [4.78, 5) is 0. The van der Waals surface area contributed by atoms with Crippen molar-refractivity contribution in [3.8, 4) is 39.1 Å². The summed E-state index contributed by atoms with van der Waals surface area (Å²) in [6, 6.07) is 97.9. The molecule has 4 heterocycles. The Morgan fingerprint density at radius 1 is 0.309 bits per heavy atom. The van der Waals surface area contributed by atoms with Gasteiger partial charge in [-0.2, -0.15) is 0 Å². The van der Waals surface area contributed by atoms with E-state index in [2.05, 4.69) is 291 Å². The van der Waals surface area contributed by atoms with Crippen LogP contribution in [0.3, 0.4) is 0 Å². The molecule has 2 saturated heterocycles. The van der Waals surface area contributed by atoms with E-state index in [1.807, 2.05) is 24.3 Å². The Morgan fingerprint density at radius 2 is 0.728 bits per heavy atom. The number of para-hydroxylation sites is 2. The van der Waals surface area contributed by atoms with Crippen LogP contribution in [-0.2, 0) is 0 Å². The van der Waals surface area contributed by atoms with Gasteiger partial charge in [-0.1, -0.05) is 224 Å². The van der Waals surface area contributed by atoms with Crippen molar-refractivity contribution in [3.63, 3.8) is 0 Å². The highest BCUT2D eigenvalue weighted by atomic mass is 16.5. The van der Waals surface area contributed by atoms with Gasteiger partial charge in [0, 0.05) is 40.7 Å². The average molecular weight is 1050 g/mol. The minimum absolute atomic E-state index is 0.0530. The van der Waals surface area contributed by atoms with E-state index >= 15 is 5.21 Å². The lowest BCUT2D eigenvalue weighted by molar-refractivity contribution is 0.203. The molecule has 5 unspecified atom stereocenters. The van der Waals surface area contributed by atoms with Gasteiger partial charge in [0.15, 0.2) is 11.4 Å². The molecule has 9 heteroatoms. The Bertz CT molecular complexity index is 4140. The van der Waals surface area contributed by atoms with Crippen molar-refractivity contribution in [2.75, 3.05) is 0 Å². The highest BCUT2D eigenvalue weighted by molar-refractivity contribution is 6.19. The minimum Gasteiger partial charge on any atom is -0.616 e. The summed E-state index contributed by atoms with van der Waals surface area (Å²) in [5, 5.41) is 41.5. The second-order valence-corrected chi connectivity index (χ2v) is 21.4. The third-order valence-electron chi connectivity index (χ3n) is 16.7. The molecule has 9 nitrogen and oxygen atoms in total. The normalized spacial score (nSPS) is 21.4. The zero-order chi connectivity index (χ0) is 53.9. The van der Waals surface area contributed by atoms with Crippen molar-refractivity contribution in [2.45, 2.75) is 37.0 Å². The smallest absolute Gasteiger partial charge is 0.153 e. The third-order valence-corrected chi connectivity index (χ3v) is 16.7. The van der Waals surface area contributed by atoms with Crippen molar-refractivity contribution in [1.82, 2.24) is 41.1 Å². The molecule has 0 spiro atoms. The van der Waals surface area contributed by atoms with E-state index in [9.17, 15) is 0 Å². The predicted octanol–water partition coefficient (Wildman–Crippen LogP) is 15.9. The fourth-order valence-electron chi connectivity index (χ4n) is 12.7. The Balaban J connectivity index is 0.766. The monoisotopic (exact) mass is 1050 g/mol. The van der Waals surface area contributed by atoms with Crippen LogP contribution in [0.25, 0.3) is 60.9 Å². The maximum absolute atomic E-state index is 16.4. The third kappa shape index (κ3) is 8.77. The van der Waals surface area contributed by atoms with Crippen LogP contribution < -0.4 is 36.5 Å². The van der Waals surface area contributed by atoms with E-state index in [1.54, 1.807) is 0 Å². The SMILES string of the molecule is [O-][N+]1(c2cccc(-c3ccc(C4NC(c5ccccc5)NC(c5ccccc5)N4)cc3)c2)c2ccccc2-c2c1ccc1c3ccccc3n(-c3cccc(-c4ccc(C5NC(c6ccccc6)NC(c6ccccc6)N5)cc4)c3)c21. The van der Waals surface area contributed by atoms with Gasteiger partial charge in [0.05, 0.1) is 59.2 Å². The molecule has 6 N–H and O–H groups in total. The lowest BCUT2D eigenvalue weighted by Crippen LogP contribution is -2.54. The van der Waals surface area contributed by atoms with Gasteiger partial charge in [-0.15, -0.1) is 0 Å². The maximum Gasteiger partial charge on any atom is 0.153 e. The first-order valence-corrected chi connectivity index (χ1v) is 28.0. The van der Waals surface area contributed by atoms with E-state index in [0.29, 0.717) is 17.1 Å². The second kappa shape index (κ2) is 20.5. The lowest BCUT2D eigenvalue weighted by atomic mass is 10.00. The zero-order valence-corrected chi connectivity index (χ0v) is 44.3. The second-order valence-electron chi connectivity index (χ2n) is 21.4. The number of quaternary nitrogens is 1. The molecule has 0 amide bonds.